The topological polar surface area (TPSA) is 66.4 Å². The van der Waals surface area contributed by atoms with Gasteiger partial charge in [-0.3, -0.25) is 4.79 Å². The van der Waals surface area contributed by atoms with E-state index in [2.05, 4.69) is 11.4 Å². The smallest absolute Gasteiger partial charge is 0.326 e. The number of thioether (sulfide) groups is 1. The van der Waals surface area contributed by atoms with Gasteiger partial charge >= 0.3 is 5.97 Å². The van der Waals surface area contributed by atoms with Crippen molar-refractivity contribution in [1.82, 2.24) is 5.32 Å². The van der Waals surface area contributed by atoms with Crippen molar-refractivity contribution in [1.29, 1.82) is 0 Å². The Kier molecular flexibility index (Phi) is 7.29. The van der Waals surface area contributed by atoms with Crippen molar-refractivity contribution in [3.8, 4) is 0 Å². The largest absolute Gasteiger partial charge is 0.480 e. The average molecular weight is 309 g/mol. The van der Waals surface area contributed by atoms with Crippen LogP contribution in [-0.2, 0) is 15.3 Å². The number of aryl methyl sites for hydroxylation is 1. The number of carboxylic acid groups (broad SMARTS) is 1. The first-order valence-corrected chi connectivity index (χ1v) is 8.25. The fourth-order valence-corrected chi connectivity index (χ4v) is 2.75. The monoisotopic (exact) mass is 309 g/mol. The summed E-state index contributed by atoms with van der Waals surface area (Å²) < 4.78 is 0. The quantitative estimate of drug-likeness (QED) is 0.775. The number of amides is 1. The highest BCUT2D eigenvalue weighted by molar-refractivity contribution is 7.99. The first-order valence-electron chi connectivity index (χ1n) is 7.09. The van der Waals surface area contributed by atoms with Crippen LogP contribution in [0.4, 0.5) is 0 Å². The molecular weight excluding hydrogens is 286 g/mol. The predicted octanol–water partition coefficient (Wildman–Crippen LogP) is 2.84. The summed E-state index contributed by atoms with van der Waals surface area (Å²) >= 11 is 1.49. The Balaban J connectivity index is 2.41. The number of aliphatic carboxylic acids is 1. The molecule has 0 fully saturated rings. The number of rotatable bonds is 8. The van der Waals surface area contributed by atoms with Gasteiger partial charge in [-0.1, -0.05) is 50.1 Å². The second-order valence-corrected chi connectivity index (χ2v) is 6.24. The predicted molar refractivity (Wildman–Crippen MR) is 86.4 cm³/mol. The number of hydrogen-bond acceptors (Lipinski definition) is 3. The van der Waals surface area contributed by atoms with Gasteiger partial charge < -0.3 is 10.4 Å². The molecule has 0 spiro atoms. The third kappa shape index (κ3) is 6.21. The number of carbonyl (C=O) groups is 2. The van der Waals surface area contributed by atoms with Crippen molar-refractivity contribution < 1.29 is 14.7 Å². The molecule has 5 heteroatoms. The summed E-state index contributed by atoms with van der Waals surface area (Å²) in [6, 6.07) is 7.34. The van der Waals surface area contributed by atoms with Gasteiger partial charge in [0, 0.05) is 5.75 Å². The molecule has 1 aromatic carbocycles. The molecule has 1 amide bonds. The first-order chi connectivity index (χ1) is 9.93. The van der Waals surface area contributed by atoms with Gasteiger partial charge in [-0.15, -0.1) is 11.8 Å². The third-order valence-electron chi connectivity index (χ3n) is 3.38. The van der Waals surface area contributed by atoms with Crippen LogP contribution in [0.25, 0.3) is 0 Å². The molecule has 0 aliphatic rings. The summed E-state index contributed by atoms with van der Waals surface area (Å²) in [4.78, 5) is 23.0. The molecule has 0 aliphatic heterocycles. The van der Waals surface area contributed by atoms with Gasteiger partial charge in [0.2, 0.25) is 5.91 Å². The highest BCUT2D eigenvalue weighted by atomic mass is 32.2. The summed E-state index contributed by atoms with van der Waals surface area (Å²) in [5.41, 5.74) is 2.37. The summed E-state index contributed by atoms with van der Waals surface area (Å²) in [5, 5.41) is 11.7. The molecule has 1 rings (SSSR count). The van der Waals surface area contributed by atoms with E-state index >= 15 is 0 Å². The molecule has 2 atom stereocenters. The van der Waals surface area contributed by atoms with Crippen LogP contribution in [-0.4, -0.2) is 28.8 Å². The normalized spacial score (nSPS) is 13.5. The fourth-order valence-electron chi connectivity index (χ4n) is 1.96. The Hall–Kier alpha value is -1.49. The zero-order valence-corrected chi connectivity index (χ0v) is 13.6. The maximum atomic E-state index is 11.8. The molecule has 21 heavy (non-hydrogen) atoms. The summed E-state index contributed by atoms with van der Waals surface area (Å²) in [7, 11) is 0. The van der Waals surface area contributed by atoms with Crippen LogP contribution < -0.4 is 5.32 Å². The Labute approximate surface area is 130 Å². The average Bonchev–Trinajstić information content (AvgIpc) is 2.43. The lowest BCUT2D eigenvalue weighted by atomic mass is 9.99. The van der Waals surface area contributed by atoms with E-state index in [1.165, 1.54) is 22.9 Å². The van der Waals surface area contributed by atoms with Gasteiger partial charge in [-0.25, -0.2) is 4.79 Å². The van der Waals surface area contributed by atoms with Crippen molar-refractivity contribution in [3.63, 3.8) is 0 Å². The summed E-state index contributed by atoms with van der Waals surface area (Å²) in [6.45, 7) is 5.78. The number of benzene rings is 1. The zero-order chi connectivity index (χ0) is 15.8. The molecule has 0 aromatic heterocycles. The highest BCUT2D eigenvalue weighted by Crippen LogP contribution is 2.14. The van der Waals surface area contributed by atoms with Crippen LogP contribution in [0.5, 0.6) is 0 Å². The zero-order valence-electron chi connectivity index (χ0n) is 12.8. The van der Waals surface area contributed by atoms with Crippen LogP contribution in [0.2, 0.25) is 0 Å². The van der Waals surface area contributed by atoms with Crippen LogP contribution >= 0.6 is 11.8 Å². The van der Waals surface area contributed by atoms with E-state index in [-0.39, 0.29) is 17.6 Å². The van der Waals surface area contributed by atoms with E-state index in [0.717, 1.165) is 5.75 Å². The molecule has 2 unspecified atom stereocenters. The molecule has 2 N–H and O–H groups in total. The summed E-state index contributed by atoms with van der Waals surface area (Å²) in [6.07, 6.45) is 0.716. The minimum Gasteiger partial charge on any atom is -0.480 e. The van der Waals surface area contributed by atoms with E-state index < -0.39 is 12.0 Å². The molecule has 4 nitrogen and oxygen atoms in total. The van der Waals surface area contributed by atoms with Crippen LogP contribution in [0.15, 0.2) is 24.3 Å². The molecule has 0 heterocycles. The molecule has 0 saturated heterocycles. The molecule has 116 valence electrons. The van der Waals surface area contributed by atoms with Crippen molar-refractivity contribution in [3.05, 3.63) is 35.4 Å². The van der Waals surface area contributed by atoms with E-state index in [1.807, 2.05) is 39.0 Å². The lowest BCUT2D eigenvalue weighted by molar-refractivity contribution is -0.143. The second kappa shape index (κ2) is 8.72. The van der Waals surface area contributed by atoms with Gasteiger partial charge in [0.05, 0.1) is 5.75 Å². The number of carbonyl (C=O) groups excluding carboxylic acids is 1. The van der Waals surface area contributed by atoms with Crippen molar-refractivity contribution in [2.45, 2.75) is 39.0 Å². The molecule has 0 radical (unpaired) electrons. The standard InChI is InChI=1S/C16H23NO3S/c1-4-12(3)15(16(19)20)17-14(18)10-21-9-13-7-5-6-11(2)8-13/h5-8,12,15H,4,9-10H2,1-3H3,(H,17,18)(H,19,20). The molecule has 0 aliphatic carbocycles. The Morgan fingerprint density at radius 2 is 2.10 bits per heavy atom. The fraction of sp³-hybridized carbons (Fsp3) is 0.500. The van der Waals surface area contributed by atoms with E-state index in [0.29, 0.717) is 6.42 Å². The Bertz CT molecular complexity index is 490. The lowest BCUT2D eigenvalue weighted by Crippen LogP contribution is -2.45. The lowest BCUT2D eigenvalue weighted by Gasteiger charge is -2.20. The molecule has 0 saturated carbocycles. The van der Waals surface area contributed by atoms with Crippen molar-refractivity contribution in [2.24, 2.45) is 5.92 Å². The van der Waals surface area contributed by atoms with E-state index in [4.69, 9.17) is 5.11 Å². The minimum absolute atomic E-state index is 0.0757. The van der Waals surface area contributed by atoms with Crippen LogP contribution in [0.1, 0.15) is 31.4 Å². The number of hydrogen-bond donors (Lipinski definition) is 2. The van der Waals surface area contributed by atoms with Crippen LogP contribution in [0.3, 0.4) is 0 Å². The molecule has 0 bridgehead atoms. The van der Waals surface area contributed by atoms with Crippen molar-refractivity contribution in [2.75, 3.05) is 5.75 Å². The van der Waals surface area contributed by atoms with Gasteiger partial charge in [0.1, 0.15) is 6.04 Å². The molecule has 1 aromatic rings. The maximum Gasteiger partial charge on any atom is 0.326 e. The van der Waals surface area contributed by atoms with Gasteiger partial charge in [-0.2, -0.15) is 0 Å². The third-order valence-corrected chi connectivity index (χ3v) is 4.38. The van der Waals surface area contributed by atoms with Gasteiger partial charge in [0.25, 0.3) is 0 Å². The first kappa shape index (κ1) is 17.6. The van der Waals surface area contributed by atoms with Crippen LogP contribution in [0, 0.1) is 12.8 Å². The second-order valence-electron chi connectivity index (χ2n) is 5.25. The maximum absolute atomic E-state index is 11.8. The van der Waals surface area contributed by atoms with E-state index in [1.54, 1.807) is 0 Å². The van der Waals surface area contributed by atoms with Crippen molar-refractivity contribution >= 4 is 23.6 Å². The number of carboxylic acids is 1. The molecular formula is C16H23NO3S. The summed E-state index contributed by atoms with van der Waals surface area (Å²) in [5.74, 6) is -0.250. The Morgan fingerprint density at radius 1 is 1.38 bits per heavy atom. The Morgan fingerprint density at radius 3 is 2.67 bits per heavy atom. The highest BCUT2D eigenvalue weighted by Gasteiger charge is 2.24. The van der Waals surface area contributed by atoms with Gasteiger partial charge in [-0.05, 0) is 18.4 Å². The van der Waals surface area contributed by atoms with Gasteiger partial charge in [0.15, 0.2) is 0 Å². The van der Waals surface area contributed by atoms with E-state index in [9.17, 15) is 9.59 Å². The minimum atomic E-state index is -0.971. The SMILES string of the molecule is CCC(C)C(NC(=O)CSCc1cccc(C)c1)C(=O)O. The number of nitrogens with one attached hydrogen (secondary N) is 1.